The van der Waals surface area contributed by atoms with E-state index >= 15 is 0 Å². The maximum Gasteiger partial charge on any atom is 0.228 e. The second kappa shape index (κ2) is 7.07. The molecular weight excluding hydrogens is 410 g/mol. The van der Waals surface area contributed by atoms with E-state index in [2.05, 4.69) is 17.4 Å². The largest absolute Gasteiger partial charge is 0.355 e. The number of anilines is 2. The minimum absolute atomic E-state index is 0.00535. The van der Waals surface area contributed by atoms with Gasteiger partial charge in [-0.05, 0) is 48.5 Å². The molecular formula is C28H21N3O2. The summed E-state index contributed by atoms with van der Waals surface area (Å²) in [4.78, 5) is 24.6. The fourth-order valence-corrected chi connectivity index (χ4v) is 4.95. The average Bonchev–Trinajstić information content (AvgIpc) is 3.32. The molecule has 5 nitrogen and oxygen atoms in total. The van der Waals surface area contributed by atoms with Gasteiger partial charge in [0, 0.05) is 46.8 Å². The van der Waals surface area contributed by atoms with E-state index in [1.54, 1.807) is 23.0 Å². The summed E-state index contributed by atoms with van der Waals surface area (Å²) in [5, 5.41) is 7.66. The molecule has 0 aliphatic carbocycles. The first-order valence-electron chi connectivity index (χ1n) is 10.9. The first-order chi connectivity index (χ1) is 16.0. The van der Waals surface area contributed by atoms with Crippen molar-refractivity contribution in [3.8, 4) is 0 Å². The monoisotopic (exact) mass is 431 g/mol. The average molecular weight is 431 g/mol. The zero-order chi connectivity index (χ0) is 22.7. The minimum Gasteiger partial charge on any atom is -0.355 e. The summed E-state index contributed by atoms with van der Waals surface area (Å²) >= 11 is 0. The number of carbonyl (C=O) groups excluding carboxylic acids is 2. The van der Waals surface area contributed by atoms with E-state index in [0.29, 0.717) is 0 Å². The molecule has 4 aromatic carbocycles. The molecule has 0 atom stereocenters. The van der Waals surface area contributed by atoms with Gasteiger partial charge >= 0.3 is 0 Å². The number of carbonyl (C=O) groups is 2. The summed E-state index contributed by atoms with van der Waals surface area (Å²) in [6.07, 6.45) is 0. The Morgan fingerprint density at radius 1 is 0.545 bits per heavy atom. The van der Waals surface area contributed by atoms with Gasteiger partial charge in [0.05, 0.1) is 22.1 Å². The fourth-order valence-electron chi connectivity index (χ4n) is 4.95. The Balaban J connectivity index is 1.49. The molecule has 0 amide bonds. The van der Waals surface area contributed by atoms with Gasteiger partial charge in [0.2, 0.25) is 11.8 Å². The van der Waals surface area contributed by atoms with Crippen molar-refractivity contribution < 1.29 is 9.59 Å². The van der Waals surface area contributed by atoms with Crippen LogP contribution in [0.15, 0.2) is 84.9 Å². The number of hydrogen-bond acceptors (Lipinski definition) is 3. The molecule has 0 aliphatic rings. The highest BCUT2D eigenvalue weighted by Crippen LogP contribution is 2.34. The van der Waals surface area contributed by atoms with Crippen LogP contribution in [0, 0.1) is 0 Å². The number of benzene rings is 4. The van der Waals surface area contributed by atoms with E-state index in [9.17, 15) is 9.59 Å². The van der Waals surface area contributed by atoms with Gasteiger partial charge in [-0.2, -0.15) is 0 Å². The SMILES string of the molecule is CC(=O)n1c2ccccc2c2cc(Nc3ccc4c(c3)c3ccccc3n4C(C)=O)ccc21. The third-order valence-electron chi connectivity index (χ3n) is 6.26. The normalized spacial score (nSPS) is 11.6. The Morgan fingerprint density at radius 2 is 0.939 bits per heavy atom. The first-order valence-corrected chi connectivity index (χ1v) is 10.9. The van der Waals surface area contributed by atoms with E-state index in [4.69, 9.17) is 0 Å². The molecule has 1 N–H and O–H groups in total. The number of para-hydroxylation sites is 2. The molecule has 0 spiro atoms. The number of fused-ring (bicyclic) bond motifs is 6. The van der Waals surface area contributed by atoms with Gasteiger partial charge in [0.15, 0.2) is 0 Å². The van der Waals surface area contributed by atoms with Crippen molar-refractivity contribution in [1.82, 2.24) is 9.13 Å². The van der Waals surface area contributed by atoms with Crippen LogP contribution in [0.5, 0.6) is 0 Å². The van der Waals surface area contributed by atoms with Crippen molar-refractivity contribution in [2.45, 2.75) is 13.8 Å². The zero-order valence-electron chi connectivity index (χ0n) is 18.3. The Hall–Kier alpha value is -4.38. The number of nitrogens with one attached hydrogen (secondary N) is 1. The van der Waals surface area contributed by atoms with Crippen LogP contribution in [0.25, 0.3) is 43.6 Å². The van der Waals surface area contributed by atoms with Crippen molar-refractivity contribution in [2.75, 3.05) is 5.32 Å². The van der Waals surface area contributed by atoms with Gasteiger partial charge in [-0.1, -0.05) is 36.4 Å². The highest BCUT2D eigenvalue weighted by Gasteiger charge is 2.15. The predicted molar refractivity (Wildman–Crippen MR) is 135 cm³/mol. The summed E-state index contributed by atoms with van der Waals surface area (Å²) in [7, 11) is 0. The van der Waals surface area contributed by atoms with Crippen LogP contribution in [-0.2, 0) is 0 Å². The van der Waals surface area contributed by atoms with Crippen molar-refractivity contribution >= 4 is 66.8 Å². The lowest BCUT2D eigenvalue weighted by Crippen LogP contribution is -2.04. The number of rotatable bonds is 2. The van der Waals surface area contributed by atoms with E-state index < -0.39 is 0 Å². The van der Waals surface area contributed by atoms with Gasteiger partial charge in [0.1, 0.15) is 0 Å². The highest BCUT2D eigenvalue weighted by molar-refractivity contribution is 6.15. The second-order valence-corrected chi connectivity index (χ2v) is 8.33. The zero-order valence-corrected chi connectivity index (χ0v) is 18.3. The molecule has 160 valence electrons. The highest BCUT2D eigenvalue weighted by atomic mass is 16.2. The van der Waals surface area contributed by atoms with Crippen molar-refractivity contribution in [1.29, 1.82) is 0 Å². The number of hydrogen-bond donors (Lipinski definition) is 1. The standard InChI is InChI=1S/C28H21N3O2/c1-17(32)30-25-9-5-3-7-21(25)23-15-19(11-13-27(23)30)29-20-12-14-28-24(16-20)22-8-4-6-10-26(22)31(28)18(2)33/h3-16,29H,1-2H3. The van der Waals surface area contributed by atoms with Crippen molar-refractivity contribution in [3.63, 3.8) is 0 Å². The fraction of sp³-hybridized carbons (Fsp3) is 0.0714. The van der Waals surface area contributed by atoms with Crippen LogP contribution >= 0.6 is 0 Å². The Labute approximate surface area is 189 Å². The Kier molecular flexibility index (Phi) is 4.14. The van der Waals surface area contributed by atoms with E-state index in [1.165, 1.54) is 0 Å². The summed E-state index contributed by atoms with van der Waals surface area (Å²) in [5.41, 5.74) is 5.49. The van der Waals surface area contributed by atoms with Gasteiger partial charge in [-0.25, -0.2) is 0 Å². The van der Waals surface area contributed by atoms with Crippen LogP contribution in [0.3, 0.4) is 0 Å². The third kappa shape index (κ3) is 2.86. The quantitative estimate of drug-likeness (QED) is 0.322. The molecule has 0 unspecified atom stereocenters. The molecule has 0 saturated heterocycles. The van der Waals surface area contributed by atoms with E-state index in [1.807, 2.05) is 72.8 Å². The first kappa shape index (κ1) is 19.3. The molecule has 0 bridgehead atoms. The van der Waals surface area contributed by atoms with Gasteiger partial charge in [-0.3, -0.25) is 18.7 Å². The number of nitrogens with zero attached hydrogens (tertiary/aromatic N) is 2. The maximum atomic E-state index is 12.3. The van der Waals surface area contributed by atoms with Crippen LogP contribution in [0.2, 0.25) is 0 Å². The Bertz CT molecular complexity index is 1620. The van der Waals surface area contributed by atoms with E-state index in [-0.39, 0.29) is 11.8 Å². The Morgan fingerprint density at radius 3 is 1.36 bits per heavy atom. The summed E-state index contributed by atoms with van der Waals surface area (Å²) in [6.45, 7) is 3.18. The van der Waals surface area contributed by atoms with Crippen molar-refractivity contribution in [3.05, 3.63) is 84.9 Å². The molecule has 0 fully saturated rings. The van der Waals surface area contributed by atoms with Crippen LogP contribution in [0.1, 0.15) is 23.4 Å². The molecule has 6 rings (SSSR count). The molecule has 6 aromatic rings. The lowest BCUT2D eigenvalue weighted by Gasteiger charge is -2.08. The van der Waals surface area contributed by atoms with Crippen molar-refractivity contribution in [2.24, 2.45) is 0 Å². The number of aromatic nitrogens is 2. The summed E-state index contributed by atoms with van der Waals surface area (Å²) in [6, 6.07) is 28.0. The lowest BCUT2D eigenvalue weighted by atomic mass is 10.1. The topological polar surface area (TPSA) is 56.0 Å². The maximum absolute atomic E-state index is 12.3. The van der Waals surface area contributed by atoms with Gasteiger partial charge < -0.3 is 5.32 Å². The third-order valence-corrected chi connectivity index (χ3v) is 6.26. The molecule has 2 aromatic heterocycles. The van der Waals surface area contributed by atoms with Crippen LogP contribution in [-0.4, -0.2) is 20.9 Å². The smallest absolute Gasteiger partial charge is 0.228 e. The molecule has 2 heterocycles. The molecule has 0 saturated carbocycles. The minimum atomic E-state index is -0.00535. The van der Waals surface area contributed by atoms with Gasteiger partial charge in [0.25, 0.3) is 0 Å². The van der Waals surface area contributed by atoms with Gasteiger partial charge in [-0.15, -0.1) is 0 Å². The molecule has 0 radical (unpaired) electrons. The van der Waals surface area contributed by atoms with Crippen LogP contribution in [0.4, 0.5) is 11.4 Å². The molecule has 33 heavy (non-hydrogen) atoms. The second-order valence-electron chi connectivity index (χ2n) is 8.33. The summed E-state index contributed by atoms with van der Waals surface area (Å²) < 4.78 is 3.52. The van der Waals surface area contributed by atoms with E-state index in [0.717, 1.165) is 55.0 Å². The predicted octanol–water partition coefficient (Wildman–Crippen LogP) is 6.97. The molecule has 0 aliphatic heterocycles. The lowest BCUT2D eigenvalue weighted by molar-refractivity contribution is 0.0937. The molecule has 5 heteroatoms. The summed E-state index contributed by atoms with van der Waals surface area (Å²) in [5.74, 6) is -0.0107. The van der Waals surface area contributed by atoms with Crippen LogP contribution < -0.4 is 5.32 Å².